The van der Waals surface area contributed by atoms with E-state index in [2.05, 4.69) is 29.8 Å². The van der Waals surface area contributed by atoms with E-state index in [0.717, 1.165) is 23.2 Å². The van der Waals surface area contributed by atoms with Crippen molar-refractivity contribution in [3.63, 3.8) is 0 Å². The maximum absolute atomic E-state index is 12.9. The van der Waals surface area contributed by atoms with E-state index in [4.69, 9.17) is 11.6 Å². The average Bonchev–Trinajstić information content (AvgIpc) is 3.37. The van der Waals surface area contributed by atoms with Crippen LogP contribution in [0, 0.1) is 5.92 Å². The third-order valence-electron chi connectivity index (χ3n) is 11.9. The third-order valence-corrected chi connectivity index (χ3v) is 13.1. The molecular weight excluding hydrogens is 738 g/mol. The van der Waals surface area contributed by atoms with E-state index in [1.54, 1.807) is 11.0 Å². The van der Waals surface area contributed by atoms with Gasteiger partial charge in [-0.2, -0.15) is 0 Å². The zero-order chi connectivity index (χ0) is 38.2. The second-order valence-corrected chi connectivity index (χ2v) is 18.0. The molecule has 1 heterocycles. The predicted octanol–water partition coefficient (Wildman–Crippen LogP) is 17.3. The number of Topliss-reactive ketones (excluding diaryl/α,β-unsaturated/α-hetero) is 1. The zero-order valence-corrected chi connectivity index (χ0v) is 37.3. The number of amides is 1. The summed E-state index contributed by atoms with van der Waals surface area (Å²) in [5.41, 5.74) is 1.16. The number of hydrogen-bond donors (Lipinski definition) is 0. The molecule has 1 aliphatic rings. The van der Waals surface area contributed by atoms with Crippen molar-refractivity contribution in [2.24, 2.45) is 5.92 Å². The Balaban J connectivity index is 1.60. The Labute approximate surface area is 342 Å². The first-order valence-corrected chi connectivity index (χ1v) is 24.5. The molecule has 2 rings (SSSR count). The fourth-order valence-corrected chi connectivity index (χ4v) is 8.94. The molecule has 0 N–H and O–H groups in total. The highest BCUT2D eigenvalue weighted by molar-refractivity contribution is 9.10. The minimum atomic E-state index is -0.424. The molecule has 0 spiro atoms. The smallest absolute Gasteiger partial charge is 0.299 e. The number of fused-ring (bicyclic) bond motifs is 1. The molecule has 5 heteroatoms. The lowest BCUT2D eigenvalue weighted by molar-refractivity contribution is -0.114. The van der Waals surface area contributed by atoms with E-state index < -0.39 is 11.7 Å². The van der Waals surface area contributed by atoms with Crippen molar-refractivity contribution >= 4 is 44.9 Å². The summed E-state index contributed by atoms with van der Waals surface area (Å²) >= 11 is 9.73. The second-order valence-electron chi connectivity index (χ2n) is 16.8. The Hall–Kier alpha value is -0.870. The highest BCUT2D eigenvalue weighted by atomic mass is 79.9. The van der Waals surface area contributed by atoms with Crippen LogP contribution in [0.15, 0.2) is 16.6 Å². The lowest BCUT2D eigenvalue weighted by Gasteiger charge is -2.21. The minimum absolute atomic E-state index is 0.402. The van der Waals surface area contributed by atoms with Gasteiger partial charge < -0.3 is 4.90 Å². The molecule has 0 saturated heterocycles. The van der Waals surface area contributed by atoms with Crippen molar-refractivity contribution in [1.82, 2.24) is 0 Å². The summed E-state index contributed by atoms with van der Waals surface area (Å²) in [6.07, 6.45) is 49.8. The molecule has 1 aliphatic heterocycles. The average molecular weight is 822 g/mol. The summed E-state index contributed by atoms with van der Waals surface area (Å²) in [7, 11) is 0. The Morgan fingerprint density at radius 1 is 0.491 bits per heavy atom. The summed E-state index contributed by atoms with van der Waals surface area (Å²) < 4.78 is 0.732. The molecule has 306 valence electrons. The normalized spacial score (nSPS) is 12.9. The van der Waals surface area contributed by atoms with Crippen LogP contribution in [0.1, 0.15) is 255 Å². The van der Waals surface area contributed by atoms with E-state index in [1.165, 1.54) is 218 Å². The van der Waals surface area contributed by atoms with Gasteiger partial charge in [-0.1, -0.05) is 244 Å². The van der Waals surface area contributed by atoms with Crippen LogP contribution in [0.3, 0.4) is 0 Å². The maximum Gasteiger partial charge on any atom is 0.299 e. The van der Waals surface area contributed by atoms with Crippen LogP contribution in [0.2, 0.25) is 5.02 Å². The molecule has 1 aromatic carbocycles. The van der Waals surface area contributed by atoms with Crippen molar-refractivity contribution in [1.29, 1.82) is 0 Å². The Bertz CT molecular complexity index is 1020. The SMILES string of the molecule is CCCCCCCCCCCCCCCCCCC(CCCCCCCCCCCCCCCCCC)CCCN1C(=O)C(=O)c2cc(Cl)c(Br)cc21. The van der Waals surface area contributed by atoms with Crippen LogP contribution in [0.5, 0.6) is 0 Å². The molecule has 0 aromatic heterocycles. The summed E-state index contributed by atoms with van der Waals surface area (Å²) in [6, 6.07) is 3.48. The van der Waals surface area contributed by atoms with Gasteiger partial charge in [0, 0.05) is 11.0 Å². The Morgan fingerprint density at radius 2 is 0.811 bits per heavy atom. The molecule has 1 aromatic rings. The number of hydrogen-bond acceptors (Lipinski definition) is 2. The first kappa shape index (κ1) is 48.3. The van der Waals surface area contributed by atoms with Gasteiger partial charge in [0.25, 0.3) is 11.7 Å². The number of anilines is 1. The molecule has 0 fully saturated rings. The molecule has 0 radical (unpaired) electrons. The predicted molar refractivity (Wildman–Crippen MR) is 237 cm³/mol. The summed E-state index contributed by atoms with van der Waals surface area (Å²) in [5.74, 6) is -0.105. The second kappa shape index (κ2) is 33.3. The number of benzene rings is 1. The van der Waals surface area contributed by atoms with Crippen molar-refractivity contribution in [3.8, 4) is 0 Å². The molecule has 0 atom stereocenters. The summed E-state index contributed by atoms with van der Waals surface area (Å²) in [6.45, 7) is 5.20. The largest absolute Gasteiger partial charge is 0.305 e. The van der Waals surface area contributed by atoms with Gasteiger partial charge >= 0.3 is 0 Å². The first-order valence-electron chi connectivity index (χ1n) is 23.3. The van der Waals surface area contributed by atoms with E-state index in [0.29, 0.717) is 22.8 Å². The fourth-order valence-electron chi connectivity index (χ4n) is 8.44. The number of rotatable bonds is 38. The van der Waals surface area contributed by atoms with Crippen LogP contribution < -0.4 is 4.90 Å². The molecule has 0 unspecified atom stereocenters. The van der Waals surface area contributed by atoms with Crippen LogP contribution in [0.25, 0.3) is 0 Å². The fraction of sp³-hybridized carbons (Fsp3) is 0.833. The molecular formula is C48H83BrClNO2. The van der Waals surface area contributed by atoms with Crippen LogP contribution in [0.4, 0.5) is 5.69 Å². The van der Waals surface area contributed by atoms with Gasteiger partial charge in [0.1, 0.15) is 0 Å². The number of ketones is 1. The number of nitrogens with zero attached hydrogens (tertiary/aromatic N) is 1. The first-order chi connectivity index (χ1) is 26.0. The monoisotopic (exact) mass is 820 g/mol. The van der Waals surface area contributed by atoms with Gasteiger partial charge in [0.15, 0.2) is 0 Å². The quantitative estimate of drug-likeness (QED) is 0.0492. The number of unbranched alkanes of at least 4 members (excludes halogenated alkanes) is 30. The van der Waals surface area contributed by atoms with Crippen LogP contribution in [-0.2, 0) is 4.79 Å². The summed E-state index contributed by atoms with van der Waals surface area (Å²) in [5, 5.41) is 0.476. The van der Waals surface area contributed by atoms with Crippen LogP contribution >= 0.6 is 27.5 Å². The van der Waals surface area contributed by atoms with Gasteiger partial charge in [0.2, 0.25) is 0 Å². The highest BCUT2D eigenvalue weighted by Gasteiger charge is 2.36. The van der Waals surface area contributed by atoms with E-state index in [-0.39, 0.29) is 0 Å². The standard InChI is InChI=1S/C48H83BrClNO2/c1-3-5-7-9-11-13-15-17-19-21-23-25-27-29-31-33-36-42(37-34-32-30-28-26-24-22-20-18-16-14-12-10-8-6-4-2)38-35-39-51-46-41-44(49)45(50)40-43(46)47(52)48(51)53/h40-42H,3-39H2,1-2H3. The molecule has 0 bridgehead atoms. The lowest BCUT2D eigenvalue weighted by Crippen LogP contribution is -2.30. The Morgan fingerprint density at radius 3 is 1.17 bits per heavy atom. The minimum Gasteiger partial charge on any atom is -0.305 e. The molecule has 53 heavy (non-hydrogen) atoms. The number of halogens is 2. The van der Waals surface area contributed by atoms with Crippen molar-refractivity contribution < 1.29 is 9.59 Å². The van der Waals surface area contributed by atoms with Gasteiger partial charge in [-0.15, -0.1) is 0 Å². The molecule has 0 saturated carbocycles. The molecule has 3 nitrogen and oxygen atoms in total. The lowest BCUT2D eigenvalue weighted by atomic mass is 9.90. The van der Waals surface area contributed by atoms with Crippen molar-refractivity contribution in [2.75, 3.05) is 11.4 Å². The van der Waals surface area contributed by atoms with E-state index in [9.17, 15) is 9.59 Å². The van der Waals surface area contributed by atoms with Gasteiger partial charge in [-0.05, 0) is 46.8 Å². The molecule has 1 amide bonds. The van der Waals surface area contributed by atoms with Crippen molar-refractivity contribution in [2.45, 2.75) is 245 Å². The Kier molecular flexibility index (Phi) is 30.3. The topological polar surface area (TPSA) is 37.4 Å². The van der Waals surface area contributed by atoms with E-state index >= 15 is 0 Å². The summed E-state index contributed by atoms with van der Waals surface area (Å²) in [4.78, 5) is 27.2. The van der Waals surface area contributed by atoms with Gasteiger partial charge in [-0.25, -0.2) is 0 Å². The van der Waals surface area contributed by atoms with Crippen molar-refractivity contribution in [3.05, 3.63) is 27.2 Å². The molecule has 0 aliphatic carbocycles. The highest BCUT2D eigenvalue weighted by Crippen LogP contribution is 2.36. The third kappa shape index (κ3) is 23.1. The van der Waals surface area contributed by atoms with Gasteiger partial charge in [-0.3, -0.25) is 9.59 Å². The number of carbonyl (C=O) groups is 2. The van der Waals surface area contributed by atoms with E-state index in [1.807, 2.05) is 6.07 Å². The zero-order valence-electron chi connectivity index (χ0n) is 34.9. The van der Waals surface area contributed by atoms with Crippen LogP contribution in [-0.4, -0.2) is 18.2 Å². The number of carbonyl (C=O) groups excluding carboxylic acids is 2. The van der Waals surface area contributed by atoms with Gasteiger partial charge in [0.05, 0.1) is 16.3 Å². The maximum atomic E-state index is 12.9.